The SMILES string of the molecule is Cc1cc(C)c([N-]C23CC4CC(CC(C4)C2)C3)c(C=Nc2ccccc2)c1.[Cl][Mo]([Cl])[Cl]. The van der Waals surface area contributed by atoms with Crippen LogP contribution in [0.1, 0.15) is 55.2 Å². The Labute approximate surface area is 204 Å². The first kappa shape index (κ1) is 23.6. The summed E-state index contributed by atoms with van der Waals surface area (Å²) in [5.41, 5.74) is 6.13. The fraction of sp³-hybridized carbons (Fsp3) is 0.480. The molecule has 4 fully saturated rings. The summed E-state index contributed by atoms with van der Waals surface area (Å²) in [4.78, 5) is 4.73. The van der Waals surface area contributed by atoms with Gasteiger partial charge in [-0.1, -0.05) is 60.7 Å². The summed E-state index contributed by atoms with van der Waals surface area (Å²) in [6.07, 6.45) is 10.3. The first-order chi connectivity index (χ1) is 14.8. The number of aliphatic imine (C=N–C) groups is 1. The van der Waals surface area contributed by atoms with Gasteiger partial charge in [0.2, 0.25) is 0 Å². The number of aryl methyl sites for hydroxylation is 2. The minimum absolute atomic E-state index is 0.199. The first-order valence-corrected chi connectivity index (χ1v) is 18.7. The first-order valence-electron chi connectivity index (χ1n) is 11.0. The van der Waals surface area contributed by atoms with Crippen LogP contribution in [0.15, 0.2) is 47.5 Å². The number of benzene rings is 2. The molecular weight excluding hydrogens is 531 g/mol. The van der Waals surface area contributed by atoms with Crippen LogP contribution in [0.3, 0.4) is 0 Å². The average Bonchev–Trinajstić information content (AvgIpc) is 2.68. The fourth-order valence-corrected chi connectivity index (χ4v) is 6.34. The van der Waals surface area contributed by atoms with E-state index in [9.17, 15) is 0 Å². The molecule has 2 nitrogen and oxygen atoms in total. The molecule has 6 heteroatoms. The Kier molecular flexibility index (Phi) is 7.75. The third-order valence-corrected chi connectivity index (χ3v) is 6.94. The molecule has 4 saturated carbocycles. The number of hydrogen-bond donors (Lipinski definition) is 0. The van der Waals surface area contributed by atoms with Crippen LogP contribution in [0.5, 0.6) is 0 Å². The van der Waals surface area contributed by atoms with Crippen molar-refractivity contribution >= 4 is 45.8 Å². The van der Waals surface area contributed by atoms with Gasteiger partial charge in [-0.15, -0.1) is 11.2 Å². The van der Waals surface area contributed by atoms with Gasteiger partial charge in [-0.3, -0.25) is 4.99 Å². The quantitative estimate of drug-likeness (QED) is 0.264. The van der Waals surface area contributed by atoms with Gasteiger partial charge >= 0.3 is 42.4 Å². The maximum absolute atomic E-state index is 5.51. The summed E-state index contributed by atoms with van der Waals surface area (Å²) in [5, 5.41) is 5.51. The molecule has 0 radical (unpaired) electrons. The Bertz CT molecular complexity index is 892. The van der Waals surface area contributed by atoms with Gasteiger partial charge in [-0.05, 0) is 68.6 Å². The van der Waals surface area contributed by atoms with Crippen LogP contribution in [0.2, 0.25) is 0 Å². The van der Waals surface area contributed by atoms with E-state index in [0.29, 0.717) is 0 Å². The maximum atomic E-state index is 5.51. The number of para-hydroxylation sites is 1. The summed E-state index contributed by atoms with van der Waals surface area (Å²) >= 11 is -1.94. The fourth-order valence-electron chi connectivity index (χ4n) is 6.34. The van der Waals surface area contributed by atoms with Crippen LogP contribution in [0, 0.1) is 31.6 Å². The van der Waals surface area contributed by atoms with Crippen LogP contribution in [0.25, 0.3) is 5.32 Å². The van der Waals surface area contributed by atoms with Crippen LogP contribution in [-0.2, 0) is 14.2 Å². The summed E-state index contributed by atoms with van der Waals surface area (Å²) in [6, 6.07) is 14.7. The van der Waals surface area contributed by atoms with Gasteiger partial charge in [0, 0.05) is 6.21 Å². The monoisotopic (exact) mass is 560 g/mol. The van der Waals surface area contributed by atoms with Gasteiger partial charge in [-0.2, -0.15) is 0 Å². The molecule has 4 aliphatic carbocycles. The van der Waals surface area contributed by atoms with Gasteiger partial charge in [0.05, 0.1) is 5.69 Å². The van der Waals surface area contributed by atoms with Gasteiger partial charge in [-0.25, -0.2) is 0 Å². The van der Waals surface area contributed by atoms with E-state index >= 15 is 0 Å². The zero-order valence-electron chi connectivity index (χ0n) is 18.0. The molecule has 0 N–H and O–H groups in total. The summed E-state index contributed by atoms with van der Waals surface area (Å²) in [6.45, 7) is 4.38. The van der Waals surface area contributed by atoms with E-state index in [-0.39, 0.29) is 5.54 Å². The molecule has 167 valence electrons. The second-order valence-corrected chi connectivity index (χ2v) is 18.7. The van der Waals surface area contributed by atoms with Crippen LogP contribution in [0.4, 0.5) is 11.4 Å². The third kappa shape index (κ3) is 6.08. The Morgan fingerprint density at radius 2 is 1.48 bits per heavy atom. The molecule has 2 aromatic rings. The van der Waals surface area contributed by atoms with E-state index in [1.807, 2.05) is 24.4 Å². The minimum atomic E-state index is -1.94. The predicted octanol–water partition coefficient (Wildman–Crippen LogP) is 9.09. The number of hydrogen-bond acceptors (Lipinski definition) is 1. The zero-order chi connectivity index (χ0) is 22.0. The van der Waals surface area contributed by atoms with Gasteiger partial charge in [0.1, 0.15) is 0 Å². The Morgan fingerprint density at radius 3 is 2.03 bits per heavy atom. The molecule has 0 aliphatic heterocycles. The van der Waals surface area contributed by atoms with Crippen molar-refractivity contribution in [3.8, 4) is 0 Å². The van der Waals surface area contributed by atoms with E-state index in [1.54, 1.807) is 0 Å². The molecule has 0 amide bonds. The molecule has 4 aliphatic rings. The van der Waals surface area contributed by atoms with E-state index in [2.05, 4.69) is 38.1 Å². The number of halogens is 3. The van der Waals surface area contributed by atoms with Crippen molar-refractivity contribution < 1.29 is 14.2 Å². The molecule has 0 saturated heterocycles. The van der Waals surface area contributed by atoms with Crippen molar-refractivity contribution in [3.05, 3.63) is 64.5 Å². The molecule has 31 heavy (non-hydrogen) atoms. The van der Waals surface area contributed by atoms with Crippen LogP contribution < -0.4 is 0 Å². The molecular formula is C25H29Cl3MoN2-. The predicted molar refractivity (Wildman–Crippen MR) is 131 cm³/mol. The van der Waals surface area contributed by atoms with Crippen molar-refractivity contribution in [1.29, 1.82) is 0 Å². The van der Waals surface area contributed by atoms with Crippen LogP contribution >= 0.6 is 28.3 Å². The van der Waals surface area contributed by atoms with Crippen molar-refractivity contribution in [2.24, 2.45) is 22.7 Å². The van der Waals surface area contributed by atoms with E-state index in [1.165, 1.54) is 60.9 Å². The zero-order valence-corrected chi connectivity index (χ0v) is 22.3. The van der Waals surface area contributed by atoms with Gasteiger partial charge in [0.25, 0.3) is 0 Å². The van der Waals surface area contributed by atoms with Crippen LogP contribution in [-0.4, -0.2) is 11.8 Å². The average molecular weight is 560 g/mol. The Morgan fingerprint density at radius 1 is 0.935 bits per heavy atom. The van der Waals surface area contributed by atoms with Crippen molar-refractivity contribution in [1.82, 2.24) is 0 Å². The Balaban J connectivity index is 0.000000535. The summed E-state index contributed by atoms with van der Waals surface area (Å²) in [5.74, 6) is 2.77. The standard InChI is InChI=1S/C25H29N2.3ClH.Mo/c1-17-8-18(2)24(22(9-17)16-26-23-6-4-3-5-7-23)27-25-13-19-10-20(14-25)12-21(11-19)15-25;;;;/h3-9,16,19-21H,10-15H2,1-2H3;3*1H;/q-1;;;;+3/p-3. The molecule has 0 aromatic heterocycles. The summed E-state index contributed by atoms with van der Waals surface area (Å²) < 4.78 is 0. The van der Waals surface area contributed by atoms with Gasteiger partial charge in [0.15, 0.2) is 0 Å². The number of rotatable bonds is 4. The second-order valence-electron chi connectivity index (χ2n) is 9.54. The molecule has 4 bridgehead atoms. The Hall–Kier alpha value is -0.532. The molecule has 0 atom stereocenters. The van der Waals surface area contributed by atoms with E-state index < -0.39 is 14.2 Å². The van der Waals surface area contributed by atoms with Gasteiger partial charge < -0.3 is 5.32 Å². The second kappa shape index (κ2) is 10.2. The molecule has 0 spiro atoms. The molecule has 0 heterocycles. The van der Waals surface area contributed by atoms with E-state index in [4.69, 9.17) is 38.6 Å². The topological polar surface area (TPSA) is 26.5 Å². The molecule has 6 rings (SSSR count). The van der Waals surface area contributed by atoms with Crippen molar-refractivity contribution in [3.63, 3.8) is 0 Å². The molecule has 2 aromatic carbocycles. The van der Waals surface area contributed by atoms with Crippen molar-refractivity contribution in [2.75, 3.05) is 0 Å². The summed E-state index contributed by atoms with van der Waals surface area (Å²) in [7, 11) is 14.9. The normalized spacial score (nSPS) is 28.6. The van der Waals surface area contributed by atoms with E-state index in [0.717, 1.165) is 23.4 Å². The number of nitrogens with zero attached hydrogens (tertiary/aromatic N) is 2. The molecule has 0 unspecified atom stereocenters. The van der Waals surface area contributed by atoms with Crippen molar-refractivity contribution in [2.45, 2.75) is 57.9 Å². The third-order valence-electron chi connectivity index (χ3n) is 6.94.